The molecule has 0 atom stereocenters. The molecular weight excluding hydrogens is 180 g/mol. The second kappa shape index (κ2) is 3.96. The lowest BCUT2D eigenvalue weighted by atomic mass is 10.1. The van der Waals surface area contributed by atoms with Gasteiger partial charge >= 0.3 is 0 Å². The summed E-state index contributed by atoms with van der Waals surface area (Å²) in [7, 11) is 0. The summed E-state index contributed by atoms with van der Waals surface area (Å²) >= 11 is 0. The van der Waals surface area contributed by atoms with Crippen molar-refractivity contribution in [2.75, 3.05) is 5.01 Å². The van der Waals surface area contributed by atoms with Gasteiger partial charge in [-0.25, -0.2) is 0 Å². The lowest BCUT2D eigenvalue weighted by molar-refractivity contribution is -0.322. The van der Waals surface area contributed by atoms with Crippen LogP contribution >= 0.6 is 0 Å². The Morgan fingerprint density at radius 1 is 1.00 bits per heavy atom. The molecule has 4 nitrogen and oxygen atoms in total. The van der Waals surface area contributed by atoms with Crippen molar-refractivity contribution in [2.24, 2.45) is 0 Å². The van der Waals surface area contributed by atoms with E-state index >= 15 is 0 Å². The maximum Gasteiger partial charge on any atom is 0.0574 e. The molecule has 1 aromatic rings. The monoisotopic (exact) mass is 196 g/mol. The first-order valence-corrected chi connectivity index (χ1v) is 4.46. The Morgan fingerprint density at radius 3 is 1.86 bits per heavy atom. The van der Waals surface area contributed by atoms with Crippen LogP contribution in [0, 0.1) is 0 Å². The molecule has 0 unspecified atom stereocenters. The summed E-state index contributed by atoms with van der Waals surface area (Å²) < 4.78 is 0. The number of hydrazine groups is 1. The van der Waals surface area contributed by atoms with E-state index in [4.69, 9.17) is 10.4 Å². The summed E-state index contributed by atoms with van der Waals surface area (Å²) in [6.07, 6.45) is 0. The fraction of sp³-hybridized carbons (Fsp3) is 0.400. The van der Waals surface area contributed by atoms with Crippen LogP contribution in [0.4, 0.5) is 5.69 Å². The summed E-state index contributed by atoms with van der Waals surface area (Å²) in [5.74, 6) is 0. The molecule has 0 amide bonds. The summed E-state index contributed by atoms with van der Waals surface area (Å²) in [6, 6.07) is 9.19. The molecular formula is C10H16N2O2. The van der Waals surface area contributed by atoms with Gasteiger partial charge in [0.05, 0.1) is 11.2 Å². The molecule has 78 valence electrons. The number of rotatable bonds is 2. The van der Waals surface area contributed by atoms with Crippen LogP contribution < -0.4 is 5.01 Å². The van der Waals surface area contributed by atoms with Gasteiger partial charge < -0.3 is 0 Å². The van der Waals surface area contributed by atoms with Crippen LogP contribution in [0.25, 0.3) is 0 Å². The molecule has 0 aromatic heterocycles. The molecule has 1 rings (SSSR count). The van der Waals surface area contributed by atoms with Crippen molar-refractivity contribution >= 4 is 5.69 Å². The SMILES string of the molecule is CC(C)(C)N(c1ccccc1)N(O)O. The fourth-order valence-corrected chi connectivity index (χ4v) is 1.33. The smallest absolute Gasteiger partial charge is 0.0574 e. The van der Waals surface area contributed by atoms with Crippen LogP contribution in [-0.4, -0.2) is 21.3 Å². The Labute approximate surface area is 83.9 Å². The first-order valence-electron chi connectivity index (χ1n) is 4.46. The van der Waals surface area contributed by atoms with Crippen molar-refractivity contribution in [2.45, 2.75) is 26.3 Å². The van der Waals surface area contributed by atoms with Gasteiger partial charge in [0.15, 0.2) is 0 Å². The molecule has 0 saturated carbocycles. The van der Waals surface area contributed by atoms with Crippen molar-refractivity contribution in [3.63, 3.8) is 0 Å². The van der Waals surface area contributed by atoms with E-state index in [0.717, 1.165) is 5.69 Å². The van der Waals surface area contributed by atoms with Crippen LogP contribution in [0.3, 0.4) is 0 Å². The molecule has 1 aromatic carbocycles. The molecule has 0 aliphatic carbocycles. The molecule has 0 aliphatic rings. The largest absolute Gasteiger partial charge is 0.271 e. The van der Waals surface area contributed by atoms with E-state index in [2.05, 4.69) is 0 Å². The van der Waals surface area contributed by atoms with E-state index in [1.807, 2.05) is 51.1 Å². The predicted molar refractivity (Wildman–Crippen MR) is 54.1 cm³/mol. The molecule has 2 N–H and O–H groups in total. The van der Waals surface area contributed by atoms with Gasteiger partial charge in [0.25, 0.3) is 0 Å². The van der Waals surface area contributed by atoms with E-state index in [0.29, 0.717) is 0 Å². The van der Waals surface area contributed by atoms with Gasteiger partial charge in [-0.05, 0) is 32.9 Å². The van der Waals surface area contributed by atoms with E-state index < -0.39 is 5.54 Å². The second-order valence-corrected chi connectivity index (χ2v) is 4.09. The highest BCUT2D eigenvalue weighted by Crippen LogP contribution is 2.23. The Morgan fingerprint density at radius 2 is 1.50 bits per heavy atom. The Balaban J connectivity index is 3.02. The zero-order chi connectivity index (χ0) is 10.8. The summed E-state index contributed by atoms with van der Waals surface area (Å²) in [6.45, 7) is 5.66. The molecule has 0 saturated heterocycles. The predicted octanol–water partition coefficient (Wildman–Crippen LogP) is 2.29. The van der Waals surface area contributed by atoms with Crippen LogP contribution in [0.2, 0.25) is 0 Å². The van der Waals surface area contributed by atoms with Gasteiger partial charge in [-0.15, -0.1) is 0 Å². The van der Waals surface area contributed by atoms with Gasteiger partial charge in [-0.2, -0.15) is 0 Å². The lowest BCUT2D eigenvalue weighted by Gasteiger charge is -2.38. The van der Waals surface area contributed by atoms with Crippen molar-refractivity contribution in [3.8, 4) is 0 Å². The Bertz CT molecular complexity index is 280. The lowest BCUT2D eigenvalue weighted by Crippen LogP contribution is -2.50. The minimum atomic E-state index is -0.398. The first-order chi connectivity index (χ1) is 6.43. The van der Waals surface area contributed by atoms with E-state index in [9.17, 15) is 0 Å². The molecule has 4 heteroatoms. The first kappa shape index (κ1) is 11.0. The molecule has 0 aliphatic heterocycles. The normalized spacial score (nSPS) is 11.9. The Hall–Kier alpha value is -1.10. The molecule has 0 bridgehead atoms. The van der Waals surface area contributed by atoms with Gasteiger partial charge in [-0.1, -0.05) is 18.2 Å². The van der Waals surface area contributed by atoms with Crippen molar-refractivity contribution in [3.05, 3.63) is 30.3 Å². The molecule has 0 spiro atoms. The van der Waals surface area contributed by atoms with E-state index in [-0.39, 0.29) is 5.34 Å². The minimum absolute atomic E-state index is 0.120. The molecule has 0 heterocycles. The third kappa shape index (κ3) is 2.45. The van der Waals surface area contributed by atoms with Crippen molar-refractivity contribution in [1.29, 1.82) is 0 Å². The summed E-state index contributed by atoms with van der Waals surface area (Å²) in [4.78, 5) is 0. The highest BCUT2D eigenvalue weighted by molar-refractivity contribution is 5.46. The van der Waals surface area contributed by atoms with E-state index in [1.54, 1.807) is 0 Å². The number of nitrogens with zero attached hydrogens (tertiary/aromatic N) is 2. The number of hydrogen-bond donors (Lipinski definition) is 2. The zero-order valence-corrected chi connectivity index (χ0v) is 8.68. The van der Waals surface area contributed by atoms with Gasteiger partial charge in [0.2, 0.25) is 0 Å². The van der Waals surface area contributed by atoms with Crippen LogP contribution in [0.1, 0.15) is 20.8 Å². The molecule has 0 radical (unpaired) electrons. The average molecular weight is 196 g/mol. The fourth-order valence-electron chi connectivity index (χ4n) is 1.33. The molecule has 0 fully saturated rings. The summed E-state index contributed by atoms with van der Waals surface area (Å²) in [5.41, 5.74) is 0.329. The van der Waals surface area contributed by atoms with Crippen LogP contribution in [0.15, 0.2) is 30.3 Å². The number of benzene rings is 1. The average Bonchev–Trinajstić information content (AvgIpc) is 2.02. The number of para-hydroxylation sites is 1. The number of anilines is 1. The van der Waals surface area contributed by atoms with Gasteiger partial charge in [0, 0.05) is 5.34 Å². The third-order valence-corrected chi connectivity index (χ3v) is 1.82. The minimum Gasteiger partial charge on any atom is -0.271 e. The summed E-state index contributed by atoms with van der Waals surface area (Å²) in [5, 5.41) is 19.7. The molecule has 14 heavy (non-hydrogen) atoms. The zero-order valence-electron chi connectivity index (χ0n) is 8.68. The maximum atomic E-state index is 9.12. The van der Waals surface area contributed by atoms with Crippen LogP contribution in [0.5, 0.6) is 0 Å². The number of hydrogen-bond acceptors (Lipinski definition) is 4. The van der Waals surface area contributed by atoms with Gasteiger partial charge in [0.1, 0.15) is 0 Å². The highest BCUT2D eigenvalue weighted by Gasteiger charge is 2.26. The standard InChI is InChI=1S/C10H16N2O2/c1-10(2,3)11(12(13)14)9-7-5-4-6-8-9/h4-8,13-14H,1-3H3. The van der Waals surface area contributed by atoms with Gasteiger partial charge in [-0.3, -0.25) is 15.4 Å². The van der Waals surface area contributed by atoms with E-state index in [1.165, 1.54) is 5.01 Å². The topological polar surface area (TPSA) is 46.9 Å². The van der Waals surface area contributed by atoms with Crippen LogP contribution in [-0.2, 0) is 0 Å². The quantitative estimate of drug-likeness (QED) is 0.712. The second-order valence-electron chi connectivity index (χ2n) is 4.09. The third-order valence-electron chi connectivity index (χ3n) is 1.82. The maximum absolute atomic E-state index is 9.12. The van der Waals surface area contributed by atoms with Crippen molar-refractivity contribution in [1.82, 2.24) is 5.34 Å². The van der Waals surface area contributed by atoms with Crippen molar-refractivity contribution < 1.29 is 10.4 Å². The highest BCUT2D eigenvalue weighted by atomic mass is 16.8. The Kier molecular flexibility index (Phi) is 3.10.